The first kappa shape index (κ1) is 24.2. The predicted molar refractivity (Wildman–Crippen MR) is 126 cm³/mol. The Labute approximate surface area is 196 Å². The number of nitrogens with one attached hydrogen (secondary N) is 2. The second-order valence-electron chi connectivity index (χ2n) is 7.49. The summed E-state index contributed by atoms with van der Waals surface area (Å²) in [4.78, 5) is 46.5. The highest BCUT2D eigenvalue weighted by molar-refractivity contribution is 5.93. The summed E-state index contributed by atoms with van der Waals surface area (Å²) >= 11 is 0. The first-order valence-electron chi connectivity index (χ1n) is 10.5. The first-order valence-corrected chi connectivity index (χ1v) is 10.5. The van der Waals surface area contributed by atoms with Gasteiger partial charge in [0.2, 0.25) is 11.8 Å². The molecule has 0 aromatic heterocycles. The van der Waals surface area contributed by atoms with Crippen LogP contribution in [0.15, 0.2) is 72.8 Å². The van der Waals surface area contributed by atoms with E-state index in [-0.39, 0.29) is 25.0 Å². The van der Waals surface area contributed by atoms with Gasteiger partial charge >= 0.3 is 11.9 Å². The van der Waals surface area contributed by atoms with Crippen LogP contribution in [-0.2, 0) is 32.3 Å². The molecule has 0 aliphatic heterocycles. The molecule has 2 amide bonds. The fraction of sp³-hybridized carbons (Fsp3) is 0.154. The molecule has 174 valence electrons. The lowest BCUT2D eigenvalue weighted by atomic mass is 10.1. The average Bonchev–Trinajstić information content (AvgIpc) is 2.82. The van der Waals surface area contributed by atoms with Crippen molar-refractivity contribution in [2.75, 3.05) is 10.6 Å². The molecule has 3 rings (SSSR count). The van der Waals surface area contributed by atoms with E-state index in [4.69, 9.17) is 9.47 Å². The molecule has 0 atom stereocenters. The molecule has 0 saturated carbocycles. The Kier molecular flexibility index (Phi) is 8.12. The van der Waals surface area contributed by atoms with Crippen molar-refractivity contribution in [2.45, 2.75) is 27.1 Å². The van der Waals surface area contributed by atoms with Crippen LogP contribution in [0.1, 0.15) is 45.7 Å². The summed E-state index contributed by atoms with van der Waals surface area (Å²) in [7, 11) is 0. The molecular formula is C26H24N2O6. The molecule has 2 N–H and O–H groups in total. The summed E-state index contributed by atoms with van der Waals surface area (Å²) in [5.74, 6) is -1.33. The van der Waals surface area contributed by atoms with E-state index in [9.17, 15) is 19.2 Å². The molecule has 0 unspecified atom stereocenters. The van der Waals surface area contributed by atoms with Crippen LogP contribution in [-0.4, -0.2) is 23.8 Å². The monoisotopic (exact) mass is 460 g/mol. The molecule has 0 aliphatic carbocycles. The molecule has 0 bridgehead atoms. The smallest absolute Gasteiger partial charge is 0.338 e. The second kappa shape index (κ2) is 11.4. The Morgan fingerprint density at radius 2 is 0.882 bits per heavy atom. The number of anilines is 2. The fourth-order valence-corrected chi connectivity index (χ4v) is 2.98. The Hall–Kier alpha value is -4.46. The quantitative estimate of drug-likeness (QED) is 0.485. The van der Waals surface area contributed by atoms with Crippen LogP contribution in [0.2, 0.25) is 0 Å². The van der Waals surface area contributed by atoms with E-state index >= 15 is 0 Å². The number of ether oxygens (including phenoxy) is 2. The van der Waals surface area contributed by atoms with Gasteiger partial charge in [0.25, 0.3) is 0 Å². The third-order valence-corrected chi connectivity index (χ3v) is 4.64. The van der Waals surface area contributed by atoms with E-state index in [1.54, 1.807) is 72.8 Å². The zero-order chi connectivity index (χ0) is 24.5. The molecule has 3 aromatic carbocycles. The SMILES string of the molecule is CC(=O)Nc1ccc(C(=O)OCc2ccc(COC(=O)c3ccc(NC(C)=O)cc3)cc2)cc1. The molecule has 8 nitrogen and oxygen atoms in total. The van der Waals surface area contributed by atoms with Gasteiger partial charge in [-0.05, 0) is 59.7 Å². The number of hydrogen-bond acceptors (Lipinski definition) is 6. The largest absolute Gasteiger partial charge is 0.457 e. The van der Waals surface area contributed by atoms with E-state index in [2.05, 4.69) is 10.6 Å². The number of amides is 2. The van der Waals surface area contributed by atoms with Crippen molar-refractivity contribution >= 4 is 35.1 Å². The minimum atomic E-state index is -0.475. The summed E-state index contributed by atoms with van der Waals surface area (Å²) in [6.07, 6.45) is 0. The Balaban J connectivity index is 1.46. The van der Waals surface area contributed by atoms with E-state index in [0.717, 1.165) is 11.1 Å². The normalized spacial score (nSPS) is 10.2. The van der Waals surface area contributed by atoms with Gasteiger partial charge < -0.3 is 20.1 Å². The van der Waals surface area contributed by atoms with E-state index in [1.807, 2.05) is 0 Å². The van der Waals surface area contributed by atoms with Gasteiger partial charge in [0.15, 0.2) is 0 Å². The Morgan fingerprint density at radius 1 is 0.559 bits per heavy atom. The minimum Gasteiger partial charge on any atom is -0.457 e. The molecular weight excluding hydrogens is 436 g/mol. The molecule has 34 heavy (non-hydrogen) atoms. The number of benzene rings is 3. The lowest BCUT2D eigenvalue weighted by Crippen LogP contribution is -2.08. The highest BCUT2D eigenvalue weighted by Crippen LogP contribution is 2.14. The van der Waals surface area contributed by atoms with Gasteiger partial charge in [-0.2, -0.15) is 0 Å². The minimum absolute atomic E-state index is 0.0903. The number of carbonyl (C=O) groups is 4. The number of hydrogen-bond donors (Lipinski definition) is 2. The van der Waals surface area contributed by atoms with E-state index in [0.29, 0.717) is 22.5 Å². The summed E-state index contributed by atoms with van der Waals surface area (Å²) in [6, 6.07) is 20.0. The highest BCUT2D eigenvalue weighted by Gasteiger charge is 2.10. The van der Waals surface area contributed by atoms with Crippen molar-refractivity contribution in [3.8, 4) is 0 Å². The topological polar surface area (TPSA) is 111 Å². The number of carbonyl (C=O) groups excluding carboxylic acids is 4. The highest BCUT2D eigenvalue weighted by atomic mass is 16.5. The van der Waals surface area contributed by atoms with Crippen molar-refractivity contribution in [1.29, 1.82) is 0 Å². The summed E-state index contributed by atoms with van der Waals surface area (Å²) in [6.45, 7) is 3.00. The zero-order valence-corrected chi connectivity index (χ0v) is 18.8. The summed E-state index contributed by atoms with van der Waals surface area (Å²) in [5, 5.41) is 5.27. The Morgan fingerprint density at radius 3 is 1.18 bits per heavy atom. The van der Waals surface area contributed by atoms with Gasteiger partial charge in [0.05, 0.1) is 11.1 Å². The molecule has 8 heteroatoms. The van der Waals surface area contributed by atoms with Crippen molar-refractivity contribution in [3.05, 3.63) is 95.1 Å². The van der Waals surface area contributed by atoms with Gasteiger partial charge in [-0.25, -0.2) is 9.59 Å². The second-order valence-corrected chi connectivity index (χ2v) is 7.49. The summed E-state index contributed by atoms with van der Waals surface area (Å²) in [5.41, 5.74) is 3.52. The van der Waals surface area contributed by atoms with Crippen molar-refractivity contribution in [1.82, 2.24) is 0 Å². The molecule has 0 heterocycles. The molecule has 3 aromatic rings. The van der Waals surface area contributed by atoms with Crippen LogP contribution in [0, 0.1) is 0 Å². The van der Waals surface area contributed by atoms with E-state index < -0.39 is 11.9 Å². The molecule has 0 aliphatic rings. The van der Waals surface area contributed by atoms with Gasteiger partial charge in [-0.15, -0.1) is 0 Å². The molecule has 0 saturated heterocycles. The molecule has 0 radical (unpaired) electrons. The first-order chi connectivity index (χ1) is 16.3. The van der Waals surface area contributed by atoms with Crippen molar-refractivity contribution in [2.24, 2.45) is 0 Å². The lowest BCUT2D eigenvalue weighted by Gasteiger charge is -2.08. The predicted octanol–water partition coefficient (Wildman–Crippen LogP) is 4.32. The lowest BCUT2D eigenvalue weighted by molar-refractivity contribution is -0.115. The zero-order valence-electron chi connectivity index (χ0n) is 18.8. The van der Waals surface area contributed by atoms with Crippen LogP contribution < -0.4 is 10.6 Å². The van der Waals surface area contributed by atoms with Gasteiger partial charge in [0.1, 0.15) is 13.2 Å². The number of rotatable bonds is 8. The van der Waals surface area contributed by atoms with Gasteiger partial charge in [0, 0.05) is 25.2 Å². The summed E-state index contributed by atoms with van der Waals surface area (Å²) < 4.78 is 10.7. The maximum absolute atomic E-state index is 12.2. The molecule has 0 spiro atoms. The van der Waals surface area contributed by atoms with Crippen molar-refractivity contribution in [3.63, 3.8) is 0 Å². The van der Waals surface area contributed by atoms with Gasteiger partial charge in [-0.1, -0.05) is 24.3 Å². The standard InChI is InChI=1S/C26H24N2O6/c1-17(29)27-23-11-7-21(8-12-23)25(31)33-15-19-3-5-20(6-4-19)16-34-26(32)22-9-13-24(14-10-22)28-18(2)30/h3-14H,15-16H2,1-2H3,(H,27,29)(H,28,30). The maximum Gasteiger partial charge on any atom is 0.338 e. The number of esters is 2. The van der Waals surface area contributed by atoms with Gasteiger partial charge in [-0.3, -0.25) is 9.59 Å². The maximum atomic E-state index is 12.2. The van der Waals surface area contributed by atoms with Crippen molar-refractivity contribution < 1.29 is 28.7 Å². The van der Waals surface area contributed by atoms with Crippen LogP contribution in [0.4, 0.5) is 11.4 Å². The van der Waals surface area contributed by atoms with Crippen LogP contribution in [0.25, 0.3) is 0 Å². The Bertz CT molecular complexity index is 1070. The fourth-order valence-electron chi connectivity index (χ4n) is 2.98. The molecule has 0 fully saturated rings. The van der Waals surface area contributed by atoms with Crippen LogP contribution in [0.5, 0.6) is 0 Å². The van der Waals surface area contributed by atoms with E-state index in [1.165, 1.54) is 13.8 Å². The third-order valence-electron chi connectivity index (χ3n) is 4.64. The average molecular weight is 460 g/mol. The third kappa shape index (κ3) is 7.30. The van der Waals surface area contributed by atoms with Crippen LogP contribution in [0.3, 0.4) is 0 Å². The van der Waals surface area contributed by atoms with Crippen LogP contribution >= 0.6 is 0 Å².